The Kier molecular flexibility index (Phi) is 7.66. The van der Waals surface area contributed by atoms with Gasteiger partial charge >= 0.3 is 5.97 Å². The number of carbonyl (C=O) groups excluding carboxylic acids is 4. The number of amides is 3. The van der Waals surface area contributed by atoms with Gasteiger partial charge in [-0.2, -0.15) is 0 Å². The standard InChI is InChI=1S/C24H28N4O5/c1-16(23(31)28-11-9-27(10-12-28)22-7-5-4-6-8-22)33-24(32)19-13-20(25-17(2)29)15-21(14-19)26-18(3)30/h4-8,13-16H,9-12H2,1-3H3,(H,25,29)(H,26,30)/t16-/m0/s1. The monoisotopic (exact) mass is 452 g/mol. The Morgan fingerprint density at radius 1 is 0.848 bits per heavy atom. The largest absolute Gasteiger partial charge is 0.449 e. The molecular weight excluding hydrogens is 424 g/mol. The van der Waals surface area contributed by atoms with E-state index in [1.54, 1.807) is 4.90 Å². The van der Waals surface area contributed by atoms with E-state index in [2.05, 4.69) is 15.5 Å². The van der Waals surface area contributed by atoms with Crippen molar-refractivity contribution in [1.82, 2.24) is 4.90 Å². The van der Waals surface area contributed by atoms with Crippen LogP contribution in [-0.2, 0) is 19.1 Å². The van der Waals surface area contributed by atoms with E-state index in [1.165, 1.54) is 39.0 Å². The molecule has 2 aromatic carbocycles. The molecule has 1 aliphatic rings. The molecule has 3 amide bonds. The number of hydrogen-bond acceptors (Lipinski definition) is 6. The quantitative estimate of drug-likeness (QED) is 0.652. The van der Waals surface area contributed by atoms with Crippen molar-refractivity contribution < 1.29 is 23.9 Å². The number of esters is 1. The van der Waals surface area contributed by atoms with E-state index in [9.17, 15) is 19.2 Å². The highest BCUT2D eigenvalue weighted by Crippen LogP contribution is 2.21. The van der Waals surface area contributed by atoms with Gasteiger partial charge in [-0.05, 0) is 37.3 Å². The summed E-state index contributed by atoms with van der Waals surface area (Å²) in [6.45, 7) is 6.64. The molecule has 0 radical (unpaired) electrons. The first kappa shape index (κ1) is 23.8. The van der Waals surface area contributed by atoms with Crippen LogP contribution in [0, 0.1) is 0 Å². The minimum Gasteiger partial charge on any atom is -0.449 e. The molecule has 9 nitrogen and oxygen atoms in total. The van der Waals surface area contributed by atoms with Crippen molar-refractivity contribution in [1.29, 1.82) is 0 Å². The number of rotatable bonds is 6. The molecule has 0 aliphatic carbocycles. The van der Waals surface area contributed by atoms with Crippen LogP contribution in [0.15, 0.2) is 48.5 Å². The first-order valence-electron chi connectivity index (χ1n) is 10.7. The Balaban J connectivity index is 1.63. The van der Waals surface area contributed by atoms with Gasteiger partial charge in [-0.25, -0.2) is 4.79 Å². The maximum Gasteiger partial charge on any atom is 0.339 e. The Morgan fingerprint density at radius 3 is 1.91 bits per heavy atom. The molecule has 0 spiro atoms. The third-order valence-corrected chi connectivity index (χ3v) is 5.15. The van der Waals surface area contributed by atoms with Crippen LogP contribution in [0.3, 0.4) is 0 Å². The number of carbonyl (C=O) groups is 4. The lowest BCUT2D eigenvalue weighted by Crippen LogP contribution is -2.51. The molecular formula is C24H28N4O5. The average Bonchev–Trinajstić information content (AvgIpc) is 2.78. The Labute approximate surface area is 192 Å². The summed E-state index contributed by atoms with van der Waals surface area (Å²) in [7, 11) is 0. The van der Waals surface area contributed by atoms with Crippen LogP contribution in [0.2, 0.25) is 0 Å². The lowest BCUT2D eigenvalue weighted by molar-refractivity contribution is -0.140. The maximum absolute atomic E-state index is 12.8. The Morgan fingerprint density at radius 2 is 1.39 bits per heavy atom. The van der Waals surface area contributed by atoms with E-state index in [0.29, 0.717) is 37.6 Å². The molecule has 1 heterocycles. The van der Waals surface area contributed by atoms with Crippen LogP contribution in [0.25, 0.3) is 0 Å². The third-order valence-electron chi connectivity index (χ3n) is 5.15. The van der Waals surface area contributed by atoms with Gasteiger partial charge in [0.2, 0.25) is 11.8 Å². The summed E-state index contributed by atoms with van der Waals surface area (Å²) in [4.78, 5) is 52.3. The second-order valence-electron chi connectivity index (χ2n) is 7.86. The summed E-state index contributed by atoms with van der Waals surface area (Å²) in [6, 6.07) is 14.4. The number of benzene rings is 2. The summed E-state index contributed by atoms with van der Waals surface area (Å²) in [5.74, 6) is -1.64. The van der Waals surface area contributed by atoms with Gasteiger partial charge in [0.1, 0.15) is 0 Å². The summed E-state index contributed by atoms with van der Waals surface area (Å²) < 4.78 is 5.41. The molecule has 0 bridgehead atoms. The van der Waals surface area contributed by atoms with E-state index < -0.39 is 12.1 Å². The van der Waals surface area contributed by atoms with Crippen molar-refractivity contribution in [3.63, 3.8) is 0 Å². The molecule has 1 fully saturated rings. The summed E-state index contributed by atoms with van der Waals surface area (Å²) in [6.07, 6.45) is -0.977. The highest BCUT2D eigenvalue weighted by molar-refractivity contribution is 5.98. The van der Waals surface area contributed by atoms with Gasteiger partial charge in [0.15, 0.2) is 6.10 Å². The molecule has 33 heavy (non-hydrogen) atoms. The third kappa shape index (κ3) is 6.55. The lowest BCUT2D eigenvalue weighted by atomic mass is 10.1. The fourth-order valence-corrected chi connectivity index (χ4v) is 3.66. The lowest BCUT2D eigenvalue weighted by Gasteiger charge is -2.37. The minimum absolute atomic E-state index is 0.110. The van der Waals surface area contributed by atoms with E-state index in [0.717, 1.165) is 5.69 Å². The van der Waals surface area contributed by atoms with Gasteiger partial charge in [0, 0.05) is 57.1 Å². The van der Waals surface area contributed by atoms with Crippen LogP contribution in [0.1, 0.15) is 31.1 Å². The number of ether oxygens (including phenoxy) is 1. The molecule has 1 saturated heterocycles. The zero-order chi connectivity index (χ0) is 24.0. The van der Waals surface area contributed by atoms with Crippen molar-refractivity contribution in [2.45, 2.75) is 26.9 Å². The van der Waals surface area contributed by atoms with Crippen molar-refractivity contribution >= 4 is 40.8 Å². The molecule has 9 heteroatoms. The highest BCUT2D eigenvalue weighted by Gasteiger charge is 2.28. The van der Waals surface area contributed by atoms with E-state index in [1.807, 2.05) is 30.3 Å². The highest BCUT2D eigenvalue weighted by atomic mass is 16.5. The van der Waals surface area contributed by atoms with Gasteiger partial charge in [-0.3, -0.25) is 14.4 Å². The molecule has 3 rings (SSSR count). The number of nitrogens with zero attached hydrogens (tertiary/aromatic N) is 2. The maximum atomic E-state index is 12.8. The smallest absolute Gasteiger partial charge is 0.339 e. The van der Waals surface area contributed by atoms with Gasteiger partial charge in [-0.15, -0.1) is 0 Å². The number of anilines is 3. The van der Waals surface area contributed by atoms with Crippen molar-refractivity contribution in [2.24, 2.45) is 0 Å². The fraction of sp³-hybridized carbons (Fsp3) is 0.333. The first-order chi connectivity index (χ1) is 15.7. The number of nitrogens with one attached hydrogen (secondary N) is 2. The molecule has 2 aromatic rings. The topological polar surface area (TPSA) is 108 Å². The predicted octanol–water partition coefficient (Wildman–Crippen LogP) is 2.50. The normalized spacial score (nSPS) is 14.3. The molecule has 174 valence electrons. The molecule has 1 aliphatic heterocycles. The van der Waals surface area contributed by atoms with Crippen LogP contribution < -0.4 is 15.5 Å². The van der Waals surface area contributed by atoms with Gasteiger partial charge in [-0.1, -0.05) is 18.2 Å². The average molecular weight is 453 g/mol. The van der Waals surface area contributed by atoms with Crippen molar-refractivity contribution in [3.05, 3.63) is 54.1 Å². The minimum atomic E-state index is -0.977. The van der Waals surface area contributed by atoms with Crippen LogP contribution >= 0.6 is 0 Å². The van der Waals surface area contributed by atoms with Gasteiger partial charge < -0.3 is 25.2 Å². The zero-order valence-electron chi connectivity index (χ0n) is 19.0. The summed E-state index contributed by atoms with van der Waals surface area (Å²) >= 11 is 0. The van der Waals surface area contributed by atoms with E-state index >= 15 is 0 Å². The fourth-order valence-electron chi connectivity index (χ4n) is 3.66. The van der Waals surface area contributed by atoms with Crippen LogP contribution in [0.4, 0.5) is 17.1 Å². The van der Waals surface area contributed by atoms with Gasteiger partial charge in [0.05, 0.1) is 5.56 Å². The molecule has 1 atom stereocenters. The first-order valence-corrected chi connectivity index (χ1v) is 10.7. The second kappa shape index (κ2) is 10.6. The van der Waals surface area contributed by atoms with Crippen molar-refractivity contribution in [2.75, 3.05) is 41.7 Å². The number of hydrogen-bond donors (Lipinski definition) is 2. The second-order valence-corrected chi connectivity index (χ2v) is 7.86. The summed E-state index contributed by atoms with van der Waals surface area (Å²) in [5, 5.41) is 5.16. The molecule has 0 saturated carbocycles. The van der Waals surface area contributed by atoms with E-state index in [4.69, 9.17) is 4.74 Å². The van der Waals surface area contributed by atoms with Gasteiger partial charge in [0.25, 0.3) is 5.91 Å². The Bertz CT molecular complexity index is 998. The number of para-hydroxylation sites is 1. The molecule has 0 aromatic heterocycles. The zero-order valence-corrected chi connectivity index (χ0v) is 19.0. The van der Waals surface area contributed by atoms with Crippen molar-refractivity contribution in [3.8, 4) is 0 Å². The molecule has 0 unspecified atom stereocenters. The summed E-state index contributed by atoms with van der Waals surface area (Å²) in [5.41, 5.74) is 1.88. The van der Waals surface area contributed by atoms with Crippen LogP contribution in [0.5, 0.6) is 0 Å². The molecule has 2 N–H and O–H groups in total. The number of piperazine rings is 1. The SMILES string of the molecule is CC(=O)Nc1cc(NC(C)=O)cc(C(=O)O[C@@H](C)C(=O)N2CCN(c3ccccc3)CC2)c1. The Hall–Kier alpha value is -3.88. The van der Waals surface area contributed by atoms with Crippen LogP contribution in [-0.4, -0.2) is 60.9 Å². The predicted molar refractivity (Wildman–Crippen MR) is 125 cm³/mol. The van der Waals surface area contributed by atoms with E-state index in [-0.39, 0.29) is 23.3 Å².